The first-order valence-electron chi connectivity index (χ1n) is 10.3. The van der Waals surface area contributed by atoms with Crippen molar-refractivity contribution in [2.24, 2.45) is 7.05 Å². The standard InChI is InChI=1S/C23H26N4O4/c1-16-21(23(28)20-14-19(31-3)8-9-22(20)24(16)2)15-25-10-12-26(13-11-25)17-4-6-18(7-5-17)27(29)30/h4-9,14H,10-13,15H2,1-3H3. The van der Waals surface area contributed by atoms with Crippen molar-refractivity contribution in [3.8, 4) is 5.75 Å². The fraction of sp³-hybridized carbons (Fsp3) is 0.348. The monoisotopic (exact) mass is 422 g/mol. The van der Waals surface area contributed by atoms with Crippen LogP contribution in [0.2, 0.25) is 0 Å². The maximum absolute atomic E-state index is 13.3. The molecule has 1 saturated heterocycles. The SMILES string of the molecule is COc1ccc2c(c1)c(=O)c(CN1CCN(c3ccc([N+](=O)[O-])cc3)CC1)c(C)n2C. The van der Waals surface area contributed by atoms with Crippen LogP contribution in [-0.4, -0.2) is 47.7 Å². The molecule has 0 saturated carbocycles. The molecule has 0 atom stereocenters. The molecule has 0 bridgehead atoms. The van der Waals surface area contributed by atoms with Gasteiger partial charge >= 0.3 is 0 Å². The molecule has 0 aliphatic carbocycles. The van der Waals surface area contributed by atoms with Gasteiger partial charge in [0.2, 0.25) is 0 Å². The van der Waals surface area contributed by atoms with Gasteiger partial charge in [0.05, 0.1) is 17.5 Å². The van der Waals surface area contributed by atoms with Crippen LogP contribution < -0.4 is 15.1 Å². The molecule has 0 spiro atoms. The Morgan fingerprint density at radius 2 is 1.74 bits per heavy atom. The van der Waals surface area contributed by atoms with Gasteiger partial charge in [-0.1, -0.05) is 0 Å². The summed E-state index contributed by atoms with van der Waals surface area (Å²) in [6.07, 6.45) is 0. The summed E-state index contributed by atoms with van der Waals surface area (Å²) in [5.74, 6) is 0.677. The Kier molecular flexibility index (Phi) is 5.65. The lowest BCUT2D eigenvalue weighted by atomic mass is 10.1. The first kappa shape index (κ1) is 20.9. The second-order valence-corrected chi connectivity index (χ2v) is 7.87. The zero-order valence-electron chi connectivity index (χ0n) is 18.0. The van der Waals surface area contributed by atoms with E-state index < -0.39 is 0 Å². The first-order valence-corrected chi connectivity index (χ1v) is 10.3. The molecule has 1 aliphatic heterocycles. The lowest BCUT2D eigenvalue weighted by Crippen LogP contribution is -2.46. The minimum atomic E-state index is -0.385. The van der Waals surface area contributed by atoms with Crippen molar-refractivity contribution in [2.75, 3.05) is 38.2 Å². The lowest BCUT2D eigenvalue weighted by Gasteiger charge is -2.36. The van der Waals surface area contributed by atoms with Gasteiger partial charge in [-0.3, -0.25) is 19.8 Å². The van der Waals surface area contributed by atoms with E-state index in [1.807, 2.05) is 32.2 Å². The average molecular weight is 422 g/mol. The van der Waals surface area contributed by atoms with Crippen molar-refractivity contribution in [3.05, 3.63) is 74.1 Å². The number of benzene rings is 2. The highest BCUT2D eigenvalue weighted by molar-refractivity contribution is 5.81. The summed E-state index contributed by atoms with van der Waals surface area (Å²) in [5, 5.41) is 11.5. The van der Waals surface area contributed by atoms with Gasteiger partial charge in [-0.2, -0.15) is 0 Å². The van der Waals surface area contributed by atoms with Gasteiger partial charge in [0.15, 0.2) is 5.43 Å². The van der Waals surface area contributed by atoms with Crippen molar-refractivity contribution >= 4 is 22.3 Å². The number of hydrogen-bond acceptors (Lipinski definition) is 6. The predicted molar refractivity (Wildman–Crippen MR) is 121 cm³/mol. The fourth-order valence-electron chi connectivity index (χ4n) is 4.19. The molecule has 1 aromatic heterocycles. The second kappa shape index (κ2) is 8.39. The number of fused-ring (bicyclic) bond motifs is 1. The topological polar surface area (TPSA) is 80.8 Å². The second-order valence-electron chi connectivity index (χ2n) is 7.87. The molecule has 4 rings (SSSR count). The van der Waals surface area contributed by atoms with E-state index in [9.17, 15) is 14.9 Å². The number of anilines is 1. The number of methoxy groups -OCH3 is 1. The van der Waals surface area contributed by atoms with Crippen LogP contribution in [0.1, 0.15) is 11.3 Å². The molecule has 0 radical (unpaired) electrons. The normalized spacial score (nSPS) is 14.7. The van der Waals surface area contributed by atoms with Crippen LogP contribution in [0, 0.1) is 17.0 Å². The minimum absolute atomic E-state index is 0.0577. The Hall–Kier alpha value is -3.39. The average Bonchev–Trinajstić information content (AvgIpc) is 2.80. The predicted octanol–water partition coefficient (Wildman–Crippen LogP) is 3.09. The van der Waals surface area contributed by atoms with Crippen molar-refractivity contribution in [2.45, 2.75) is 13.5 Å². The molecule has 1 fully saturated rings. The Balaban J connectivity index is 1.51. The molecule has 2 heterocycles. The van der Waals surface area contributed by atoms with Gasteiger partial charge in [0.25, 0.3) is 5.69 Å². The third kappa shape index (κ3) is 3.98. The Morgan fingerprint density at radius 1 is 1.06 bits per heavy atom. The number of aryl methyl sites for hydroxylation is 1. The Bertz CT molecular complexity index is 1180. The highest BCUT2D eigenvalue weighted by atomic mass is 16.6. The number of pyridine rings is 1. The Morgan fingerprint density at radius 3 is 2.35 bits per heavy atom. The van der Waals surface area contributed by atoms with E-state index in [4.69, 9.17) is 4.74 Å². The van der Waals surface area contributed by atoms with Gasteiger partial charge in [-0.15, -0.1) is 0 Å². The summed E-state index contributed by atoms with van der Waals surface area (Å²) in [6, 6.07) is 12.3. The summed E-state index contributed by atoms with van der Waals surface area (Å²) in [7, 11) is 3.59. The smallest absolute Gasteiger partial charge is 0.269 e. The quantitative estimate of drug-likeness (QED) is 0.464. The lowest BCUT2D eigenvalue weighted by molar-refractivity contribution is -0.384. The number of non-ortho nitro benzene ring substituents is 1. The van der Waals surface area contributed by atoms with Gasteiger partial charge in [0.1, 0.15) is 5.75 Å². The van der Waals surface area contributed by atoms with Crippen LogP contribution in [0.5, 0.6) is 5.75 Å². The van der Waals surface area contributed by atoms with Crippen molar-refractivity contribution < 1.29 is 9.66 Å². The molecule has 0 unspecified atom stereocenters. The summed E-state index contributed by atoms with van der Waals surface area (Å²) in [4.78, 5) is 28.2. The van der Waals surface area contributed by atoms with Crippen molar-refractivity contribution in [3.63, 3.8) is 0 Å². The number of rotatable bonds is 5. The van der Waals surface area contributed by atoms with E-state index in [0.717, 1.165) is 48.6 Å². The largest absolute Gasteiger partial charge is 0.497 e. The number of hydrogen-bond donors (Lipinski definition) is 0. The van der Waals surface area contributed by atoms with Gasteiger partial charge in [-0.05, 0) is 37.3 Å². The molecule has 1 aliphatic rings. The maximum atomic E-state index is 13.3. The van der Waals surface area contributed by atoms with Crippen LogP contribution in [0.4, 0.5) is 11.4 Å². The molecule has 8 heteroatoms. The number of aromatic nitrogens is 1. The van der Waals surface area contributed by atoms with Crippen LogP contribution in [0.3, 0.4) is 0 Å². The molecular formula is C23H26N4O4. The minimum Gasteiger partial charge on any atom is -0.497 e. The molecule has 162 valence electrons. The van der Waals surface area contributed by atoms with Crippen molar-refractivity contribution in [1.82, 2.24) is 9.47 Å². The molecule has 0 N–H and O–H groups in total. The molecule has 2 aromatic carbocycles. The molecule has 31 heavy (non-hydrogen) atoms. The summed E-state index contributed by atoms with van der Waals surface area (Å²) >= 11 is 0. The number of piperazine rings is 1. The number of nitro groups is 1. The third-order valence-corrected chi connectivity index (χ3v) is 6.20. The van der Waals surface area contributed by atoms with E-state index in [1.54, 1.807) is 19.2 Å². The third-order valence-electron chi connectivity index (χ3n) is 6.20. The van der Waals surface area contributed by atoms with E-state index in [0.29, 0.717) is 17.7 Å². The maximum Gasteiger partial charge on any atom is 0.269 e. The summed E-state index contributed by atoms with van der Waals surface area (Å²) in [6.45, 7) is 5.83. The molecular weight excluding hydrogens is 396 g/mol. The van der Waals surface area contributed by atoms with Crippen LogP contribution in [0.15, 0.2) is 47.3 Å². The van der Waals surface area contributed by atoms with E-state index >= 15 is 0 Å². The van der Waals surface area contributed by atoms with E-state index in [-0.39, 0.29) is 16.0 Å². The van der Waals surface area contributed by atoms with Gasteiger partial charge < -0.3 is 14.2 Å². The van der Waals surface area contributed by atoms with Gasteiger partial charge in [-0.25, -0.2) is 0 Å². The fourth-order valence-corrected chi connectivity index (χ4v) is 4.19. The van der Waals surface area contributed by atoms with Gasteiger partial charge in [0, 0.05) is 74.2 Å². The van der Waals surface area contributed by atoms with E-state index in [1.165, 1.54) is 12.1 Å². The highest BCUT2D eigenvalue weighted by Crippen LogP contribution is 2.23. The number of ether oxygens (including phenoxy) is 1. The first-order chi connectivity index (χ1) is 14.9. The summed E-state index contributed by atoms with van der Waals surface area (Å²) < 4.78 is 7.38. The van der Waals surface area contributed by atoms with Crippen LogP contribution in [-0.2, 0) is 13.6 Å². The van der Waals surface area contributed by atoms with Crippen molar-refractivity contribution in [1.29, 1.82) is 0 Å². The zero-order chi connectivity index (χ0) is 22.1. The Labute approximate surface area is 180 Å². The van der Waals surface area contributed by atoms with E-state index in [2.05, 4.69) is 14.4 Å². The molecule has 3 aromatic rings. The zero-order valence-corrected chi connectivity index (χ0v) is 18.0. The molecule has 8 nitrogen and oxygen atoms in total. The molecule has 0 amide bonds. The highest BCUT2D eigenvalue weighted by Gasteiger charge is 2.21. The van der Waals surface area contributed by atoms with Crippen LogP contribution in [0.25, 0.3) is 10.9 Å². The summed E-state index contributed by atoms with van der Waals surface area (Å²) in [5.41, 5.74) is 3.82. The number of nitrogens with zero attached hydrogens (tertiary/aromatic N) is 4. The number of nitro benzene ring substituents is 1. The van der Waals surface area contributed by atoms with Crippen LogP contribution >= 0.6 is 0 Å².